The number of hydrogen-bond donors (Lipinski definition) is 0. The SMILES string of the molecule is C1C2CC3CC1CC(C2)C3=NN=C1C2CC3CC(C2)CC1C3. The summed E-state index contributed by atoms with van der Waals surface area (Å²) in [5.74, 6) is 7.42. The van der Waals surface area contributed by atoms with Crippen LogP contribution in [0.25, 0.3) is 0 Å². The fraction of sp³-hybridized carbons (Fsp3) is 0.900. The molecule has 0 aromatic heterocycles. The third kappa shape index (κ3) is 1.79. The molecule has 0 aliphatic heterocycles. The summed E-state index contributed by atoms with van der Waals surface area (Å²) in [6.45, 7) is 0. The van der Waals surface area contributed by atoms with Gasteiger partial charge in [0.2, 0.25) is 0 Å². The summed E-state index contributed by atoms with van der Waals surface area (Å²) in [6, 6.07) is 0. The Morgan fingerprint density at radius 2 is 0.682 bits per heavy atom. The standard InChI is InChI=1S/C20H28N2/c1-11-3-15-5-12(1)6-16(4-11)19(15)21-22-20-17-7-13-2-14(9-17)10-18(20)8-13/h11-18H,1-10H2. The van der Waals surface area contributed by atoms with E-state index in [0.29, 0.717) is 0 Å². The Bertz CT molecular complexity index is 448. The van der Waals surface area contributed by atoms with E-state index in [2.05, 4.69) is 0 Å². The Kier molecular flexibility index (Phi) is 2.57. The number of hydrogen-bond acceptors (Lipinski definition) is 2. The van der Waals surface area contributed by atoms with Crippen molar-refractivity contribution in [2.75, 3.05) is 0 Å². The van der Waals surface area contributed by atoms with Gasteiger partial charge in [-0.1, -0.05) is 0 Å². The van der Waals surface area contributed by atoms with Crippen molar-refractivity contribution in [2.24, 2.45) is 57.5 Å². The highest BCUT2D eigenvalue weighted by Gasteiger charge is 2.48. The van der Waals surface area contributed by atoms with Crippen LogP contribution in [0.2, 0.25) is 0 Å². The summed E-state index contributed by atoms with van der Waals surface area (Å²) in [6.07, 6.45) is 14.6. The molecule has 2 heteroatoms. The molecule has 8 fully saturated rings. The molecule has 0 atom stereocenters. The predicted molar refractivity (Wildman–Crippen MR) is 89.0 cm³/mol. The molecule has 0 N–H and O–H groups in total. The maximum Gasteiger partial charge on any atom is 0.0467 e. The minimum atomic E-state index is 0.817. The van der Waals surface area contributed by atoms with Crippen molar-refractivity contribution in [1.82, 2.24) is 0 Å². The topological polar surface area (TPSA) is 24.7 Å². The summed E-state index contributed by atoms with van der Waals surface area (Å²) in [5, 5.41) is 9.95. The molecule has 8 saturated carbocycles. The van der Waals surface area contributed by atoms with Gasteiger partial charge in [0.25, 0.3) is 0 Å². The number of rotatable bonds is 1. The second-order valence-electron chi connectivity index (χ2n) is 9.66. The van der Waals surface area contributed by atoms with Crippen molar-refractivity contribution in [2.45, 2.75) is 64.2 Å². The van der Waals surface area contributed by atoms with Gasteiger partial charge in [0, 0.05) is 11.4 Å². The van der Waals surface area contributed by atoms with Crippen LogP contribution in [0.3, 0.4) is 0 Å². The summed E-state index contributed by atoms with van der Waals surface area (Å²) in [4.78, 5) is 0. The molecule has 22 heavy (non-hydrogen) atoms. The second kappa shape index (κ2) is 4.45. The van der Waals surface area contributed by atoms with Crippen molar-refractivity contribution in [3.8, 4) is 0 Å². The van der Waals surface area contributed by atoms with E-state index in [0.717, 1.165) is 47.3 Å². The van der Waals surface area contributed by atoms with Crippen LogP contribution >= 0.6 is 0 Å². The highest BCUT2D eigenvalue weighted by Crippen LogP contribution is 2.54. The van der Waals surface area contributed by atoms with Gasteiger partial charge in [-0.05, 0) is 112 Å². The van der Waals surface area contributed by atoms with Crippen LogP contribution in [0.15, 0.2) is 10.2 Å². The highest BCUT2D eigenvalue weighted by molar-refractivity contribution is 5.94. The van der Waals surface area contributed by atoms with E-state index >= 15 is 0 Å². The lowest BCUT2D eigenvalue weighted by Crippen LogP contribution is -2.46. The van der Waals surface area contributed by atoms with Gasteiger partial charge in [0.1, 0.15) is 0 Å². The first kappa shape index (κ1) is 12.7. The maximum absolute atomic E-state index is 4.97. The van der Waals surface area contributed by atoms with E-state index < -0.39 is 0 Å². The van der Waals surface area contributed by atoms with E-state index in [1.54, 1.807) is 0 Å². The highest BCUT2D eigenvalue weighted by atomic mass is 15.2. The normalized spacial score (nSPS) is 54.2. The molecular weight excluding hydrogens is 268 g/mol. The van der Waals surface area contributed by atoms with E-state index in [9.17, 15) is 0 Å². The molecule has 0 spiro atoms. The van der Waals surface area contributed by atoms with Gasteiger partial charge in [-0.25, -0.2) is 0 Å². The van der Waals surface area contributed by atoms with Crippen LogP contribution in [-0.4, -0.2) is 11.4 Å². The lowest BCUT2D eigenvalue weighted by atomic mass is 9.55. The van der Waals surface area contributed by atoms with Crippen molar-refractivity contribution in [1.29, 1.82) is 0 Å². The van der Waals surface area contributed by atoms with Crippen LogP contribution in [0.4, 0.5) is 0 Å². The van der Waals surface area contributed by atoms with E-state index in [4.69, 9.17) is 10.2 Å². The van der Waals surface area contributed by atoms with E-state index in [1.807, 2.05) is 0 Å². The molecule has 8 rings (SSSR count). The van der Waals surface area contributed by atoms with Crippen molar-refractivity contribution in [3.05, 3.63) is 0 Å². The van der Waals surface area contributed by atoms with Crippen molar-refractivity contribution >= 4 is 11.4 Å². The molecule has 118 valence electrons. The monoisotopic (exact) mass is 296 g/mol. The molecule has 0 radical (unpaired) electrons. The fourth-order valence-corrected chi connectivity index (χ4v) is 7.78. The van der Waals surface area contributed by atoms with Gasteiger partial charge in [-0.3, -0.25) is 0 Å². The molecule has 0 saturated heterocycles. The molecule has 0 unspecified atom stereocenters. The number of nitrogens with zero attached hydrogens (tertiary/aromatic N) is 2. The summed E-state index contributed by atoms with van der Waals surface area (Å²) >= 11 is 0. The molecule has 0 amide bonds. The minimum Gasteiger partial charge on any atom is -0.160 e. The Hall–Kier alpha value is -0.660. The summed E-state index contributed by atoms with van der Waals surface area (Å²) in [7, 11) is 0. The summed E-state index contributed by atoms with van der Waals surface area (Å²) < 4.78 is 0. The zero-order valence-electron chi connectivity index (χ0n) is 13.6. The molecule has 8 aliphatic rings. The lowest BCUT2D eigenvalue weighted by molar-refractivity contribution is 0.106. The average molecular weight is 296 g/mol. The first-order valence-corrected chi connectivity index (χ1v) is 9.97. The first-order valence-electron chi connectivity index (χ1n) is 9.97. The zero-order valence-corrected chi connectivity index (χ0v) is 13.6. The van der Waals surface area contributed by atoms with Gasteiger partial charge < -0.3 is 0 Å². The van der Waals surface area contributed by atoms with Gasteiger partial charge in [-0.15, -0.1) is 0 Å². The van der Waals surface area contributed by atoms with Gasteiger partial charge in [0.15, 0.2) is 0 Å². The van der Waals surface area contributed by atoms with Crippen molar-refractivity contribution in [3.63, 3.8) is 0 Å². The van der Waals surface area contributed by atoms with E-state index in [-0.39, 0.29) is 0 Å². The maximum atomic E-state index is 4.97. The van der Waals surface area contributed by atoms with Crippen LogP contribution < -0.4 is 0 Å². The Balaban J connectivity index is 1.30. The zero-order chi connectivity index (χ0) is 14.3. The largest absolute Gasteiger partial charge is 0.160 e. The molecule has 8 aliphatic carbocycles. The molecule has 0 aromatic rings. The van der Waals surface area contributed by atoms with Crippen LogP contribution in [0.1, 0.15) is 64.2 Å². The average Bonchev–Trinajstić information content (AvgIpc) is 2.47. The summed E-state index contributed by atoms with van der Waals surface area (Å²) in [5.41, 5.74) is 3.07. The Morgan fingerprint density at radius 3 is 0.955 bits per heavy atom. The van der Waals surface area contributed by atoms with Gasteiger partial charge in [0.05, 0.1) is 0 Å². The van der Waals surface area contributed by atoms with Crippen LogP contribution in [-0.2, 0) is 0 Å². The van der Waals surface area contributed by atoms with Crippen molar-refractivity contribution < 1.29 is 0 Å². The minimum absolute atomic E-state index is 0.817. The lowest BCUT2D eigenvalue weighted by Gasteiger charge is -2.51. The second-order valence-corrected chi connectivity index (χ2v) is 9.66. The molecule has 0 aromatic carbocycles. The third-order valence-corrected chi connectivity index (χ3v) is 8.23. The molecular formula is C20H28N2. The molecule has 0 heterocycles. The van der Waals surface area contributed by atoms with Gasteiger partial charge in [-0.2, -0.15) is 10.2 Å². The molecule has 2 nitrogen and oxygen atoms in total. The van der Waals surface area contributed by atoms with Crippen LogP contribution in [0.5, 0.6) is 0 Å². The first-order chi connectivity index (χ1) is 10.8. The third-order valence-electron chi connectivity index (χ3n) is 8.23. The smallest absolute Gasteiger partial charge is 0.0467 e. The Labute approximate surface area is 133 Å². The fourth-order valence-electron chi connectivity index (χ4n) is 7.78. The Morgan fingerprint density at radius 1 is 0.409 bits per heavy atom. The molecule has 8 bridgehead atoms. The van der Waals surface area contributed by atoms with E-state index in [1.165, 1.54) is 75.6 Å². The van der Waals surface area contributed by atoms with Gasteiger partial charge >= 0.3 is 0 Å². The predicted octanol–water partition coefficient (Wildman–Crippen LogP) is 4.70. The quantitative estimate of drug-likeness (QED) is 0.627. The van der Waals surface area contributed by atoms with Crippen LogP contribution in [0, 0.1) is 47.3 Å².